The number of rotatable bonds is 6. The fourth-order valence-electron chi connectivity index (χ4n) is 2.79. The van der Waals surface area contributed by atoms with Gasteiger partial charge in [-0.3, -0.25) is 0 Å². The first-order valence-electron chi connectivity index (χ1n) is 8.29. The molecule has 0 radical (unpaired) electrons. The topological polar surface area (TPSA) is 78.3 Å². The van der Waals surface area contributed by atoms with Crippen molar-refractivity contribution in [2.75, 3.05) is 18.5 Å². The zero-order valence-corrected chi connectivity index (χ0v) is 14.6. The maximum absolute atomic E-state index is 12.7. The molecule has 1 N–H and O–H groups in total. The van der Waals surface area contributed by atoms with Crippen LogP contribution in [0.5, 0.6) is 0 Å². The van der Waals surface area contributed by atoms with E-state index in [0.717, 1.165) is 5.56 Å². The van der Waals surface area contributed by atoms with Crippen molar-refractivity contribution in [1.29, 1.82) is 0 Å². The summed E-state index contributed by atoms with van der Waals surface area (Å²) in [5, 5.41) is 7.39. The molecular formula is C18H22N4O3. The van der Waals surface area contributed by atoms with E-state index in [1.807, 2.05) is 51.1 Å². The van der Waals surface area contributed by atoms with Crippen molar-refractivity contribution in [3.05, 3.63) is 53.5 Å². The highest BCUT2D eigenvalue weighted by molar-refractivity contribution is 5.92. The van der Waals surface area contributed by atoms with Gasteiger partial charge in [-0.15, -0.1) is 0 Å². The van der Waals surface area contributed by atoms with E-state index in [1.165, 1.54) is 6.33 Å². The Kier molecular flexibility index (Phi) is 5.14. The number of nitrogens with zero attached hydrogens (tertiary/aromatic N) is 3. The first kappa shape index (κ1) is 17.2. The number of carbonyl (C=O) groups excluding carboxylic acids is 1. The van der Waals surface area contributed by atoms with Crippen molar-refractivity contribution in [2.45, 2.75) is 32.9 Å². The minimum Gasteiger partial charge on any atom is -0.460 e. The number of ether oxygens (including phenoxy) is 2. The lowest BCUT2D eigenvalue weighted by atomic mass is 9.96. The second-order valence-corrected chi connectivity index (χ2v) is 6.06. The molecule has 0 bridgehead atoms. The normalized spacial score (nSPS) is 16.6. The summed E-state index contributed by atoms with van der Waals surface area (Å²) in [4.78, 5) is 16.9. The number of benzene rings is 1. The predicted octanol–water partition coefficient (Wildman–Crippen LogP) is 2.54. The number of nitrogens with one attached hydrogen (secondary N) is 1. The molecule has 1 aromatic carbocycles. The Bertz CT molecular complexity index is 768. The minimum atomic E-state index is -0.382. The first-order chi connectivity index (χ1) is 12.1. The van der Waals surface area contributed by atoms with Crippen molar-refractivity contribution < 1.29 is 14.3 Å². The molecule has 0 aliphatic carbocycles. The summed E-state index contributed by atoms with van der Waals surface area (Å²) >= 11 is 0. The third-order valence-corrected chi connectivity index (χ3v) is 3.90. The number of aromatic nitrogens is 3. The molecule has 0 fully saturated rings. The van der Waals surface area contributed by atoms with E-state index < -0.39 is 0 Å². The summed E-state index contributed by atoms with van der Waals surface area (Å²) in [5.41, 5.74) is 2.18. The van der Waals surface area contributed by atoms with Crippen molar-refractivity contribution in [2.24, 2.45) is 0 Å². The SMILES string of the molecule is CC1=C(C(=O)OCCOC(C)C)[C@H](c2ccccc2)n2ncnc2N1. The Hall–Kier alpha value is -2.67. The van der Waals surface area contributed by atoms with Crippen LogP contribution in [0.3, 0.4) is 0 Å². The van der Waals surface area contributed by atoms with E-state index in [0.29, 0.717) is 23.8 Å². The quantitative estimate of drug-likeness (QED) is 0.642. The van der Waals surface area contributed by atoms with Gasteiger partial charge in [-0.25, -0.2) is 9.48 Å². The highest BCUT2D eigenvalue weighted by Crippen LogP contribution is 2.34. The molecule has 7 heteroatoms. The monoisotopic (exact) mass is 342 g/mol. The number of carbonyl (C=O) groups is 1. The Morgan fingerprint density at radius 1 is 1.28 bits per heavy atom. The molecule has 0 saturated carbocycles. The molecule has 132 valence electrons. The van der Waals surface area contributed by atoms with Crippen LogP contribution in [0.4, 0.5) is 5.95 Å². The van der Waals surface area contributed by atoms with E-state index >= 15 is 0 Å². The van der Waals surface area contributed by atoms with Gasteiger partial charge >= 0.3 is 5.97 Å². The molecule has 0 amide bonds. The van der Waals surface area contributed by atoms with Crippen LogP contribution in [-0.4, -0.2) is 40.1 Å². The Balaban J connectivity index is 1.86. The highest BCUT2D eigenvalue weighted by atomic mass is 16.6. The maximum Gasteiger partial charge on any atom is 0.338 e. The van der Waals surface area contributed by atoms with Crippen LogP contribution in [-0.2, 0) is 14.3 Å². The highest BCUT2D eigenvalue weighted by Gasteiger charge is 2.34. The summed E-state index contributed by atoms with van der Waals surface area (Å²) in [7, 11) is 0. The van der Waals surface area contributed by atoms with Gasteiger partial charge in [-0.1, -0.05) is 30.3 Å². The number of hydrogen-bond donors (Lipinski definition) is 1. The van der Waals surface area contributed by atoms with E-state index in [1.54, 1.807) is 4.68 Å². The Morgan fingerprint density at radius 3 is 2.76 bits per heavy atom. The summed E-state index contributed by atoms with van der Waals surface area (Å²) in [5.74, 6) is 0.221. The molecule has 0 saturated heterocycles. The largest absolute Gasteiger partial charge is 0.460 e. The number of hydrogen-bond acceptors (Lipinski definition) is 6. The molecule has 25 heavy (non-hydrogen) atoms. The second-order valence-electron chi connectivity index (χ2n) is 6.06. The molecule has 7 nitrogen and oxygen atoms in total. The Labute approximate surface area is 146 Å². The third-order valence-electron chi connectivity index (χ3n) is 3.90. The smallest absolute Gasteiger partial charge is 0.338 e. The van der Waals surface area contributed by atoms with Gasteiger partial charge < -0.3 is 14.8 Å². The van der Waals surface area contributed by atoms with Crippen molar-refractivity contribution in [1.82, 2.24) is 14.8 Å². The van der Waals surface area contributed by atoms with Crippen LogP contribution < -0.4 is 5.32 Å². The van der Waals surface area contributed by atoms with Gasteiger partial charge in [0.2, 0.25) is 5.95 Å². The molecule has 2 aromatic rings. The lowest BCUT2D eigenvalue weighted by Crippen LogP contribution is -2.30. The summed E-state index contributed by atoms with van der Waals surface area (Å²) in [6.07, 6.45) is 1.57. The molecular weight excluding hydrogens is 320 g/mol. The second kappa shape index (κ2) is 7.48. The first-order valence-corrected chi connectivity index (χ1v) is 8.29. The molecule has 2 heterocycles. The van der Waals surface area contributed by atoms with Crippen molar-refractivity contribution in [3.63, 3.8) is 0 Å². The van der Waals surface area contributed by atoms with E-state index in [2.05, 4.69) is 15.4 Å². The molecule has 1 aliphatic heterocycles. The summed E-state index contributed by atoms with van der Waals surface area (Å²) < 4.78 is 12.5. The van der Waals surface area contributed by atoms with Gasteiger partial charge in [-0.2, -0.15) is 10.1 Å². The summed E-state index contributed by atoms with van der Waals surface area (Å²) in [6.45, 7) is 6.30. The average Bonchev–Trinajstić information content (AvgIpc) is 3.05. The third kappa shape index (κ3) is 3.71. The van der Waals surface area contributed by atoms with Crippen molar-refractivity contribution in [3.8, 4) is 0 Å². The van der Waals surface area contributed by atoms with E-state index in [9.17, 15) is 4.79 Å². The standard InChI is InChI=1S/C18H22N4O3/c1-12(2)24-9-10-25-17(23)15-13(3)21-18-19-11-20-22(18)16(15)14-7-5-4-6-8-14/h4-8,11-12,16H,9-10H2,1-3H3,(H,19,20,21)/t16-/m0/s1. The van der Waals surface area contributed by atoms with Gasteiger partial charge in [0.15, 0.2) is 0 Å². The fourth-order valence-corrected chi connectivity index (χ4v) is 2.79. The molecule has 1 aliphatic rings. The van der Waals surface area contributed by atoms with Crippen LogP contribution in [0, 0.1) is 0 Å². The molecule has 3 rings (SSSR count). The van der Waals surface area contributed by atoms with Crippen molar-refractivity contribution >= 4 is 11.9 Å². The Morgan fingerprint density at radius 2 is 2.04 bits per heavy atom. The lowest BCUT2D eigenvalue weighted by molar-refractivity contribution is -0.141. The zero-order valence-electron chi connectivity index (χ0n) is 14.6. The lowest BCUT2D eigenvalue weighted by Gasteiger charge is -2.28. The van der Waals surface area contributed by atoms with Crippen LogP contribution in [0.2, 0.25) is 0 Å². The molecule has 1 aromatic heterocycles. The van der Waals surface area contributed by atoms with Crippen LogP contribution in [0.1, 0.15) is 32.4 Å². The zero-order chi connectivity index (χ0) is 17.8. The van der Waals surface area contributed by atoms with Gasteiger partial charge in [0.25, 0.3) is 0 Å². The van der Waals surface area contributed by atoms with Gasteiger partial charge in [0, 0.05) is 5.70 Å². The van der Waals surface area contributed by atoms with Crippen LogP contribution >= 0.6 is 0 Å². The van der Waals surface area contributed by atoms with Crippen LogP contribution in [0.15, 0.2) is 47.9 Å². The minimum absolute atomic E-state index is 0.103. The maximum atomic E-state index is 12.7. The number of fused-ring (bicyclic) bond motifs is 1. The average molecular weight is 342 g/mol. The van der Waals surface area contributed by atoms with E-state index in [-0.39, 0.29) is 24.7 Å². The van der Waals surface area contributed by atoms with Gasteiger partial charge in [-0.05, 0) is 26.3 Å². The van der Waals surface area contributed by atoms with Gasteiger partial charge in [0.05, 0.1) is 18.3 Å². The van der Waals surface area contributed by atoms with Crippen LogP contribution in [0.25, 0.3) is 0 Å². The molecule has 0 spiro atoms. The van der Waals surface area contributed by atoms with Gasteiger partial charge in [0.1, 0.15) is 19.0 Å². The number of anilines is 1. The number of esters is 1. The number of allylic oxidation sites excluding steroid dienone is 1. The molecule has 0 unspecified atom stereocenters. The summed E-state index contributed by atoms with van der Waals surface area (Å²) in [6, 6.07) is 9.35. The fraction of sp³-hybridized carbons (Fsp3) is 0.389. The predicted molar refractivity (Wildman–Crippen MR) is 93.0 cm³/mol. The van der Waals surface area contributed by atoms with E-state index in [4.69, 9.17) is 9.47 Å². The molecule has 1 atom stereocenters.